The molecule has 0 unspecified atom stereocenters. The predicted molar refractivity (Wildman–Crippen MR) is 90.9 cm³/mol. The van der Waals surface area contributed by atoms with Gasteiger partial charge in [-0.2, -0.15) is 0 Å². The monoisotopic (exact) mass is 319 g/mol. The van der Waals surface area contributed by atoms with Crippen LogP contribution in [0.3, 0.4) is 0 Å². The van der Waals surface area contributed by atoms with Crippen LogP contribution in [0.1, 0.15) is 23.1 Å². The van der Waals surface area contributed by atoms with Gasteiger partial charge in [-0.1, -0.05) is 17.7 Å². The summed E-state index contributed by atoms with van der Waals surface area (Å²) in [6.45, 7) is 3.14. The third-order valence-electron chi connectivity index (χ3n) is 3.53. The Hall–Kier alpha value is -1.71. The number of halogens is 1. The second-order valence-corrected chi connectivity index (χ2v) is 5.67. The summed E-state index contributed by atoms with van der Waals surface area (Å²) in [5.41, 5.74) is 8.87. The first kappa shape index (κ1) is 16.7. The fourth-order valence-electron chi connectivity index (χ4n) is 2.34. The van der Waals surface area contributed by atoms with E-state index in [2.05, 4.69) is 12.1 Å². The highest BCUT2D eigenvalue weighted by atomic mass is 35.5. The summed E-state index contributed by atoms with van der Waals surface area (Å²) < 4.78 is 11.3. The lowest BCUT2D eigenvalue weighted by Crippen LogP contribution is -2.03. The third-order valence-corrected chi connectivity index (χ3v) is 3.77. The number of methoxy groups -OCH3 is 1. The average molecular weight is 320 g/mol. The molecule has 22 heavy (non-hydrogen) atoms. The highest BCUT2D eigenvalue weighted by Gasteiger charge is 2.07. The van der Waals surface area contributed by atoms with Crippen molar-refractivity contribution >= 4 is 11.6 Å². The van der Waals surface area contributed by atoms with Crippen LogP contribution >= 0.6 is 11.6 Å². The van der Waals surface area contributed by atoms with E-state index in [-0.39, 0.29) is 0 Å². The lowest BCUT2D eigenvalue weighted by molar-refractivity contribution is 0.294. The Labute approximate surface area is 137 Å². The quantitative estimate of drug-likeness (QED) is 0.834. The molecule has 2 N–H and O–H groups in total. The maximum absolute atomic E-state index is 5.97. The Morgan fingerprint density at radius 2 is 1.86 bits per heavy atom. The molecule has 0 aliphatic rings. The smallest absolute Gasteiger partial charge is 0.125 e. The predicted octanol–water partition coefficient (Wildman–Crippen LogP) is 4.13. The summed E-state index contributed by atoms with van der Waals surface area (Å²) in [5.74, 6) is 1.67. The van der Waals surface area contributed by atoms with E-state index in [4.69, 9.17) is 26.8 Å². The van der Waals surface area contributed by atoms with Gasteiger partial charge in [-0.3, -0.25) is 0 Å². The molecule has 2 rings (SSSR count). The van der Waals surface area contributed by atoms with Gasteiger partial charge in [-0.05, 0) is 67.8 Å². The Bertz CT molecular complexity index is 628. The molecule has 3 nitrogen and oxygen atoms in total. The summed E-state index contributed by atoms with van der Waals surface area (Å²) in [6.07, 6.45) is 1.94. The number of ether oxygens (including phenoxy) is 2. The van der Waals surface area contributed by atoms with Crippen LogP contribution in [-0.4, -0.2) is 13.7 Å². The summed E-state index contributed by atoms with van der Waals surface area (Å²) >= 11 is 5.97. The Kier molecular flexibility index (Phi) is 6.10. The van der Waals surface area contributed by atoms with Crippen LogP contribution in [0.4, 0.5) is 0 Å². The summed E-state index contributed by atoms with van der Waals surface area (Å²) in [4.78, 5) is 0. The molecule has 0 heterocycles. The van der Waals surface area contributed by atoms with Crippen molar-refractivity contribution < 1.29 is 9.47 Å². The van der Waals surface area contributed by atoms with E-state index in [0.29, 0.717) is 18.2 Å². The first-order chi connectivity index (χ1) is 10.6. The maximum atomic E-state index is 5.97. The minimum Gasteiger partial charge on any atom is -0.496 e. The van der Waals surface area contributed by atoms with Crippen molar-refractivity contribution in [1.29, 1.82) is 0 Å². The molecule has 2 aromatic carbocycles. The molecule has 0 bridgehead atoms. The molecular weight excluding hydrogens is 298 g/mol. The molecule has 0 spiro atoms. The van der Waals surface area contributed by atoms with Crippen molar-refractivity contribution in [2.45, 2.75) is 26.4 Å². The number of hydrogen-bond acceptors (Lipinski definition) is 3. The molecule has 0 saturated heterocycles. The number of benzene rings is 2. The Morgan fingerprint density at radius 1 is 1.09 bits per heavy atom. The van der Waals surface area contributed by atoms with E-state index >= 15 is 0 Å². The average Bonchev–Trinajstić information content (AvgIpc) is 2.52. The highest BCUT2D eigenvalue weighted by molar-refractivity contribution is 6.30. The SMILES string of the molecule is COc1ccc(CCCN)cc1COc1ccc(Cl)cc1C. The highest BCUT2D eigenvalue weighted by Crippen LogP contribution is 2.26. The summed E-state index contributed by atoms with van der Waals surface area (Å²) in [6, 6.07) is 11.8. The molecule has 0 fully saturated rings. The van der Waals surface area contributed by atoms with Crippen LogP contribution in [0, 0.1) is 6.92 Å². The van der Waals surface area contributed by atoms with E-state index in [1.54, 1.807) is 7.11 Å². The van der Waals surface area contributed by atoms with Gasteiger partial charge in [0, 0.05) is 10.6 Å². The van der Waals surface area contributed by atoms with Gasteiger partial charge in [0.25, 0.3) is 0 Å². The minimum atomic E-state index is 0.460. The van der Waals surface area contributed by atoms with E-state index < -0.39 is 0 Å². The first-order valence-electron chi connectivity index (χ1n) is 7.39. The van der Waals surface area contributed by atoms with Crippen LogP contribution in [0.5, 0.6) is 11.5 Å². The van der Waals surface area contributed by atoms with Gasteiger partial charge in [-0.15, -0.1) is 0 Å². The van der Waals surface area contributed by atoms with Crippen molar-refractivity contribution in [2.75, 3.05) is 13.7 Å². The van der Waals surface area contributed by atoms with Gasteiger partial charge in [0.15, 0.2) is 0 Å². The van der Waals surface area contributed by atoms with Gasteiger partial charge < -0.3 is 15.2 Å². The largest absolute Gasteiger partial charge is 0.496 e. The van der Waals surface area contributed by atoms with Crippen molar-refractivity contribution in [2.24, 2.45) is 5.73 Å². The molecule has 4 heteroatoms. The third kappa shape index (κ3) is 4.39. The molecule has 0 aliphatic heterocycles. The van der Waals surface area contributed by atoms with Crippen LogP contribution < -0.4 is 15.2 Å². The lowest BCUT2D eigenvalue weighted by Gasteiger charge is -2.13. The van der Waals surface area contributed by atoms with Crippen molar-refractivity contribution in [3.63, 3.8) is 0 Å². The summed E-state index contributed by atoms with van der Waals surface area (Å²) in [7, 11) is 1.67. The molecule has 0 aromatic heterocycles. The fourth-order valence-corrected chi connectivity index (χ4v) is 2.56. The normalized spacial score (nSPS) is 10.5. The van der Waals surface area contributed by atoms with Gasteiger partial charge in [0.2, 0.25) is 0 Å². The van der Waals surface area contributed by atoms with Crippen molar-refractivity contribution in [1.82, 2.24) is 0 Å². The number of aryl methyl sites for hydroxylation is 2. The molecule has 0 amide bonds. The lowest BCUT2D eigenvalue weighted by atomic mass is 10.1. The van der Waals surface area contributed by atoms with E-state index in [9.17, 15) is 0 Å². The van der Waals surface area contributed by atoms with Crippen molar-refractivity contribution in [3.05, 3.63) is 58.1 Å². The maximum Gasteiger partial charge on any atom is 0.125 e. The second kappa shape index (κ2) is 8.06. The van der Waals surface area contributed by atoms with Crippen LogP contribution in [0.25, 0.3) is 0 Å². The zero-order chi connectivity index (χ0) is 15.9. The number of nitrogens with two attached hydrogens (primary N) is 1. The zero-order valence-electron chi connectivity index (χ0n) is 13.1. The molecule has 0 saturated carbocycles. The zero-order valence-corrected chi connectivity index (χ0v) is 13.8. The number of rotatable bonds is 7. The number of hydrogen-bond donors (Lipinski definition) is 1. The second-order valence-electron chi connectivity index (χ2n) is 5.24. The van der Waals surface area contributed by atoms with Gasteiger partial charge >= 0.3 is 0 Å². The molecular formula is C18H22ClNO2. The molecule has 0 radical (unpaired) electrons. The van der Waals surface area contributed by atoms with Crippen LogP contribution in [0.15, 0.2) is 36.4 Å². The van der Waals surface area contributed by atoms with E-state index in [0.717, 1.165) is 35.5 Å². The molecule has 2 aromatic rings. The first-order valence-corrected chi connectivity index (χ1v) is 7.76. The van der Waals surface area contributed by atoms with Crippen molar-refractivity contribution in [3.8, 4) is 11.5 Å². The topological polar surface area (TPSA) is 44.5 Å². The summed E-state index contributed by atoms with van der Waals surface area (Å²) in [5, 5.41) is 0.714. The van der Waals surface area contributed by atoms with Gasteiger partial charge in [0.05, 0.1) is 7.11 Å². The minimum absolute atomic E-state index is 0.460. The Morgan fingerprint density at radius 3 is 2.55 bits per heavy atom. The van der Waals surface area contributed by atoms with Gasteiger partial charge in [0.1, 0.15) is 18.1 Å². The van der Waals surface area contributed by atoms with E-state index in [1.807, 2.05) is 31.2 Å². The van der Waals surface area contributed by atoms with E-state index in [1.165, 1.54) is 5.56 Å². The standard InChI is InChI=1S/C18H22ClNO2/c1-13-10-16(19)6-8-17(13)22-12-15-11-14(4-3-9-20)5-7-18(15)21-2/h5-8,10-11H,3-4,9,12,20H2,1-2H3. The molecule has 0 atom stereocenters. The molecule has 0 aliphatic carbocycles. The van der Waals surface area contributed by atoms with Gasteiger partial charge in [-0.25, -0.2) is 0 Å². The Balaban J connectivity index is 2.13. The van der Waals surface area contributed by atoms with Crippen LogP contribution in [0.2, 0.25) is 5.02 Å². The molecule has 118 valence electrons. The fraction of sp³-hybridized carbons (Fsp3) is 0.333. The van der Waals surface area contributed by atoms with Crippen LogP contribution in [-0.2, 0) is 13.0 Å².